The van der Waals surface area contributed by atoms with Crippen LogP contribution in [0.1, 0.15) is 24.0 Å². The van der Waals surface area contributed by atoms with E-state index in [4.69, 9.17) is 15.5 Å². The lowest BCUT2D eigenvalue weighted by Gasteiger charge is -2.42. The van der Waals surface area contributed by atoms with Gasteiger partial charge in [-0.15, -0.1) is 0 Å². The molecule has 2 aromatic heterocycles. The number of rotatable bonds is 9. The second-order valence-electron chi connectivity index (χ2n) is 9.97. The number of aromatic nitrogens is 2. The molecule has 37 heavy (non-hydrogen) atoms. The number of nitrogens with zero attached hydrogens (tertiary/aromatic N) is 7. The number of aliphatic imine (C=N–C) groups is 1. The van der Waals surface area contributed by atoms with Crippen LogP contribution >= 0.6 is 0 Å². The van der Waals surface area contributed by atoms with E-state index in [1.54, 1.807) is 17.7 Å². The van der Waals surface area contributed by atoms with Gasteiger partial charge in [0.15, 0.2) is 0 Å². The van der Waals surface area contributed by atoms with Crippen LogP contribution in [0.3, 0.4) is 0 Å². The third kappa shape index (κ3) is 6.37. The summed E-state index contributed by atoms with van der Waals surface area (Å²) in [4.78, 5) is 23.5. The average molecular weight is 505 g/mol. The van der Waals surface area contributed by atoms with Gasteiger partial charge in [0.1, 0.15) is 22.9 Å². The Kier molecular flexibility index (Phi) is 8.58. The summed E-state index contributed by atoms with van der Waals surface area (Å²) in [6.45, 7) is 5.49. The molecule has 2 saturated heterocycles. The Morgan fingerprint density at radius 1 is 1.35 bits per heavy atom. The Morgan fingerprint density at radius 2 is 2.11 bits per heavy atom. The minimum Gasteiger partial charge on any atom is -0.494 e. The highest BCUT2D eigenvalue weighted by atomic mass is 16.5. The van der Waals surface area contributed by atoms with Crippen molar-refractivity contribution >= 4 is 23.2 Å². The topological polar surface area (TPSA) is 115 Å². The largest absolute Gasteiger partial charge is 0.494 e. The molecule has 2 aromatic rings. The van der Waals surface area contributed by atoms with Gasteiger partial charge in [-0.1, -0.05) is 6.08 Å². The zero-order valence-electron chi connectivity index (χ0n) is 21.9. The van der Waals surface area contributed by atoms with Crippen molar-refractivity contribution < 1.29 is 9.53 Å². The maximum Gasteiger partial charge on any atom is 0.246 e. The second kappa shape index (κ2) is 12.0. The summed E-state index contributed by atoms with van der Waals surface area (Å²) in [6, 6.07) is 4.24. The molecule has 1 amide bonds. The number of pyridine rings is 1. The van der Waals surface area contributed by atoms with E-state index in [9.17, 15) is 10.1 Å². The molecule has 10 nitrogen and oxygen atoms in total. The highest BCUT2D eigenvalue weighted by molar-refractivity contribution is 6.09. The van der Waals surface area contributed by atoms with Crippen molar-refractivity contribution in [2.75, 3.05) is 60.5 Å². The minimum atomic E-state index is 0.115. The molecule has 0 aliphatic carbocycles. The molecule has 0 atom stereocenters. The zero-order valence-corrected chi connectivity index (χ0v) is 21.9. The number of piperidine rings is 1. The number of likely N-dealkylation sites (tertiary alicyclic amines) is 2. The van der Waals surface area contributed by atoms with Crippen LogP contribution < -0.4 is 10.5 Å². The predicted octanol–water partition coefficient (Wildman–Crippen LogP) is 1.63. The van der Waals surface area contributed by atoms with Crippen molar-refractivity contribution in [3.05, 3.63) is 47.9 Å². The Hall–Kier alpha value is -3.68. The number of ether oxygens (including phenoxy) is 1. The molecule has 4 heterocycles. The number of allylic oxidation sites excluding steroid dienone is 1. The van der Waals surface area contributed by atoms with Gasteiger partial charge in [0.25, 0.3) is 0 Å². The van der Waals surface area contributed by atoms with Gasteiger partial charge < -0.3 is 25.2 Å². The fraction of sp³-hybridized carbons (Fsp3) is 0.481. The van der Waals surface area contributed by atoms with E-state index in [1.165, 1.54) is 12.4 Å². The maximum atomic E-state index is 12.2. The molecular weight excluding hydrogens is 468 g/mol. The van der Waals surface area contributed by atoms with E-state index in [1.807, 2.05) is 48.4 Å². The molecule has 4 rings (SSSR count). The molecule has 0 saturated carbocycles. The SMILES string of the molecule is COc1cc(/C(C=NC2CCN(CC3CN(C(=O)/C=C/CN(C)C)C3)CC2)=C/N)cn2ncc(C#N)c12. The number of methoxy groups -OCH3 is 1. The Balaban J connectivity index is 1.26. The molecule has 0 bridgehead atoms. The van der Waals surface area contributed by atoms with Crippen LogP contribution in [-0.4, -0.2) is 103 Å². The monoisotopic (exact) mass is 504 g/mol. The summed E-state index contributed by atoms with van der Waals surface area (Å²) in [7, 11) is 5.55. The van der Waals surface area contributed by atoms with Gasteiger partial charge in [-0.25, -0.2) is 4.52 Å². The number of hydrogen-bond donors (Lipinski definition) is 1. The van der Waals surface area contributed by atoms with E-state index in [-0.39, 0.29) is 11.9 Å². The Bertz CT molecular complexity index is 1220. The van der Waals surface area contributed by atoms with Gasteiger partial charge >= 0.3 is 0 Å². The number of hydrogen-bond acceptors (Lipinski definition) is 8. The van der Waals surface area contributed by atoms with Crippen LogP contribution in [0.15, 0.2) is 41.8 Å². The van der Waals surface area contributed by atoms with Crippen LogP contribution in [0.4, 0.5) is 0 Å². The molecule has 0 unspecified atom stereocenters. The van der Waals surface area contributed by atoms with Crippen molar-refractivity contribution in [2.24, 2.45) is 16.6 Å². The van der Waals surface area contributed by atoms with Gasteiger partial charge in [-0.3, -0.25) is 9.79 Å². The van der Waals surface area contributed by atoms with E-state index in [0.29, 0.717) is 22.7 Å². The summed E-state index contributed by atoms with van der Waals surface area (Å²) >= 11 is 0. The number of nitrogens with two attached hydrogens (primary N) is 1. The van der Waals surface area contributed by atoms with E-state index in [2.05, 4.69) is 16.1 Å². The highest BCUT2D eigenvalue weighted by Crippen LogP contribution is 2.27. The average Bonchev–Trinajstić information content (AvgIpc) is 3.29. The fourth-order valence-corrected chi connectivity index (χ4v) is 4.83. The van der Waals surface area contributed by atoms with Gasteiger partial charge in [-0.2, -0.15) is 10.4 Å². The molecule has 2 fully saturated rings. The maximum absolute atomic E-state index is 12.2. The summed E-state index contributed by atoms with van der Waals surface area (Å²) in [5.74, 6) is 1.23. The zero-order chi connectivity index (χ0) is 26.4. The lowest BCUT2D eigenvalue weighted by molar-refractivity contribution is -0.132. The number of carbonyl (C=O) groups excluding carboxylic acids is 1. The lowest BCUT2D eigenvalue weighted by Crippen LogP contribution is -2.54. The van der Waals surface area contributed by atoms with Crippen LogP contribution in [0.2, 0.25) is 0 Å². The molecule has 10 heteroatoms. The Morgan fingerprint density at radius 3 is 2.76 bits per heavy atom. The third-order valence-electron chi connectivity index (χ3n) is 6.93. The molecule has 0 spiro atoms. The first kappa shape index (κ1) is 26.4. The van der Waals surface area contributed by atoms with E-state index in [0.717, 1.165) is 63.2 Å². The highest BCUT2D eigenvalue weighted by Gasteiger charge is 2.31. The van der Waals surface area contributed by atoms with Gasteiger partial charge in [0, 0.05) is 81.0 Å². The van der Waals surface area contributed by atoms with Crippen molar-refractivity contribution in [1.82, 2.24) is 24.3 Å². The summed E-state index contributed by atoms with van der Waals surface area (Å²) < 4.78 is 7.14. The first-order valence-corrected chi connectivity index (χ1v) is 12.6. The number of fused-ring (bicyclic) bond motifs is 1. The number of amides is 1. The first-order chi connectivity index (χ1) is 17.9. The second-order valence-corrected chi connectivity index (χ2v) is 9.97. The molecular formula is C27H36N8O2. The van der Waals surface area contributed by atoms with Gasteiger partial charge in [0.05, 0.1) is 19.3 Å². The molecule has 2 aliphatic heterocycles. The summed E-state index contributed by atoms with van der Waals surface area (Å²) in [5.41, 5.74) is 8.63. The first-order valence-electron chi connectivity index (χ1n) is 12.6. The van der Waals surface area contributed by atoms with E-state index >= 15 is 0 Å². The van der Waals surface area contributed by atoms with Crippen molar-refractivity contribution in [3.8, 4) is 11.8 Å². The van der Waals surface area contributed by atoms with Crippen molar-refractivity contribution in [1.29, 1.82) is 5.26 Å². The Labute approximate surface area is 218 Å². The lowest BCUT2D eigenvalue weighted by atomic mass is 9.97. The molecule has 0 aromatic carbocycles. The van der Waals surface area contributed by atoms with Crippen molar-refractivity contribution in [2.45, 2.75) is 18.9 Å². The van der Waals surface area contributed by atoms with Gasteiger partial charge in [0.2, 0.25) is 5.91 Å². The third-order valence-corrected chi connectivity index (χ3v) is 6.93. The number of nitriles is 1. The van der Waals surface area contributed by atoms with Gasteiger partial charge in [-0.05, 0) is 33.0 Å². The van der Waals surface area contributed by atoms with Crippen LogP contribution in [-0.2, 0) is 4.79 Å². The number of carbonyl (C=O) groups is 1. The van der Waals surface area contributed by atoms with E-state index < -0.39 is 0 Å². The van der Waals surface area contributed by atoms with Crippen LogP contribution in [0.5, 0.6) is 5.75 Å². The molecule has 2 N–H and O–H groups in total. The number of likely N-dealkylation sites (N-methyl/N-ethyl adjacent to an activating group) is 1. The normalized spacial score (nSPS) is 18.2. The standard InChI is InChI=1S/C27H36N8O2/c1-32(2)8-4-5-26(36)34-17-20(18-34)16-33-9-6-24(7-10-33)30-14-22(12-28)21-11-25(37-3)27-23(13-29)15-31-35(27)19-21/h4-5,11-12,14-15,19-20,24H,6-10,16-18,28H2,1-3H3/b5-4+,22-12+,30-14?. The predicted molar refractivity (Wildman–Crippen MR) is 144 cm³/mol. The van der Waals surface area contributed by atoms with Crippen molar-refractivity contribution in [3.63, 3.8) is 0 Å². The quantitative estimate of drug-likeness (QED) is 0.408. The minimum absolute atomic E-state index is 0.115. The molecule has 196 valence electrons. The summed E-state index contributed by atoms with van der Waals surface area (Å²) in [5, 5.41) is 13.6. The smallest absolute Gasteiger partial charge is 0.246 e. The van der Waals surface area contributed by atoms with Crippen LogP contribution in [0.25, 0.3) is 11.1 Å². The molecule has 0 radical (unpaired) electrons. The summed E-state index contributed by atoms with van der Waals surface area (Å²) in [6.07, 6.45) is 12.3. The fourth-order valence-electron chi connectivity index (χ4n) is 4.83. The molecule has 2 aliphatic rings. The van der Waals surface area contributed by atoms with Crippen LogP contribution in [0, 0.1) is 17.2 Å².